The van der Waals surface area contributed by atoms with Crippen LogP contribution in [0, 0.1) is 5.41 Å². The van der Waals surface area contributed by atoms with Crippen LogP contribution < -0.4 is 5.73 Å². The summed E-state index contributed by atoms with van der Waals surface area (Å²) in [5.74, 6) is 0. The van der Waals surface area contributed by atoms with Gasteiger partial charge in [0.25, 0.3) is 0 Å². The number of rotatable bonds is 4. The largest absolute Gasteiger partial charge is 0.327 e. The molecule has 1 unspecified atom stereocenters. The third-order valence-corrected chi connectivity index (χ3v) is 3.81. The van der Waals surface area contributed by atoms with E-state index in [1.807, 2.05) is 0 Å². The molecule has 0 saturated carbocycles. The van der Waals surface area contributed by atoms with Gasteiger partial charge >= 0.3 is 0 Å². The zero-order valence-corrected chi connectivity index (χ0v) is 11.3. The average Bonchev–Trinajstić information content (AvgIpc) is 2.21. The topological polar surface area (TPSA) is 26.0 Å². The van der Waals surface area contributed by atoms with Gasteiger partial charge < -0.3 is 5.73 Å². The zero-order valence-electron chi connectivity index (χ0n) is 9.76. The second kappa shape index (κ2) is 5.13. The van der Waals surface area contributed by atoms with Crippen LogP contribution in [-0.4, -0.2) is 6.04 Å². The Labute approximate surface area is 101 Å². The van der Waals surface area contributed by atoms with Crippen LogP contribution >= 0.6 is 15.9 Å². The van der Waals surface area contributed by atoms with Crippen LogP contribution in [0.2, 0.25) is 0 Å². The molecule has 15 heavy (non-hydrogen) atoms. The van der Waals surface area contributed by atoms with Crippen molar-refractivity contribution in [2.45, 2.75) is 39.7 Å². The Morgan fingerprint density at radius 3 is 2.27 bits per heavy atom. The van der Waals surface area contributed by atoms with Crippen molar-refractivity contribution in [3.63, 3.8) is 0 Å². The molecule has 0 bridgehead atoms. The fraction of sp³-hybridized carbons (Fsp3) is 0.538. The number of hydrogen-bond donors (Lipinski definition) is 1. The maximum Gasteiger partial charge on any atom is 0.0175 e. The fourth-order valence-electron chi connectivity index (χ4n) is 1.41. The molecule has 0 aromatic heterocycles. The molecule has 1 atom stereocenters. The lowest BCUT2D eigenvalue weighted by Gasteiger charge is -2.30. The van der Waals surface area contributed by atoms with Gasteiger partial charge in [0.2, 0.25) is 0 Å². The molecule has 0 fully saturated rings. The van der Waals surface area contributed by atoms with Crippen molar-refractivity contribution in [1.29, 1.82) is 0 Å². The van der Waals surface area contributed by atoms with Gasteiger partial charge in [-0.2, -0.15) is 0 Å². The first-order valence-electron chi connectivity index (χ1n) is 5.45. The molecule has 0 amide bonds. The molecule has 1 aromatic rings. The van der Waals surface area contributed by atoms with Crippen molar-refractivity contribution < 1.29 is 0 Å². The molecule has 0 saturated heterocycles. The zero-order chi connectivity index (χ0) is 11.5. The molecule has 2 heteroatoms. The lowest BCUT2D eigenvalue weighted by molar-refractivity contribution is 0.272. The molecule has 1 aromatic carbocycles. The Bertz CT molecular complexity index is 303. The van der Waals surface area contributed by atoms with Crippen LogP contribution in [0.5, 0.6) is 0 Å². The first-order valence-corrected chi connectivity index (χ1v) is 6.25. The molecule has 0 aliphatic heterocycles. The number of halogens is 1. The van der Waals surface area contributed by atoms with Crippen molar-refractivity contribution in [3.05, 3.63) is 34.3 Å². The van der Waals surface area contributed by atoms with Crippen LogP contribution in [0.15, 0.2) is 28.7 Å². The summed E-state index contributed by atoms with van der Waals surface area (Å²) in [6.45, 7) is 6.66. The molecule has 2 N–H and O–H groups in total. The smallest absolute Gasteiger partial charge is 0.0175 e. The minimum Gasteiger partial charge on any atom is -0.327 e. The van der Waals surface area contributed by atoms with Gasteiger partial charge in [-0.15, -0.1) is 0 Å². The van der Waals surface area contributed by atoms with E-state index in [4.69, 9.17) is 5.73 Å². The lowest BCUT2D eigenvalue weighted by atomic mass is 9.79. The molecule has 0 spiro atoms. The number of nitrogens with two attached hydrogens (primary N) is 1. The molecule has 84 valence electrons. The summed E-state index contributed by atoms with van der Waals surface area (Å²) in [6, 6.07) is 8.64. The monoisotopic (exact) mass is 269 g/mol. The maximum absolute atomic E-state index is 6.22. The molecule has 0 aliphatic rings. The van der Waals surface area contributed by atoms with Crippen LogP contribution in [0.3, 0.4) is 0 Å². The van der Waals surface area contributed by atoms with Crippen molar-refractivity contribution in [2.75, 3.05) is 0 Å². The summed E-state index contributed by atoms with van der Waals surface area (Å²) in [6.07, 6.45) is 2.07. The summed E-state index contributed by atoms with van der Waals surface area (Å²) in [7, 11) is 0. The molecule has 1 rings (SSSR count). The fourth-order valence-corrected chi connectivity index (χ4v) is 1.68. The summed E-state index contributed by atoms with van der Waals surface area (Å²) >= 11 is 3.43. The van der Waals surface area contributed by atoms with Gasteiger partial charge in [-0.05, 0) is 36.0 Å². The van der Waals surface area contributed by atoms with E-state index in [-0.39, 0.29) is 11.5 Å². The SMILES string of the molecule is CCC(C)(C)C(N)Cc1ccc(Br)cc1. The second-order valence-corrected chi connectivity index (χ2v) is 5.69. The average molecular weight is 270 g/mol. The van der Waals surface area contributed by atoms with Gasteiger partial charge in [0.1, 0.15) is 0 Å². The minimum absolute atomic E-state index is 0.215. The first kappa shape index (κ1) is 12.7. The van der Waals surface area contributed by atoms with Gasteiger partial charge in [0, 0.05) is 10.5 Å². The van der Waals surface area contributed by atoms with Gasteiger partial charge in [0.05, 0.1) is 0 Å². The highest BCUT2D eigenvalue weighted by Crippen LogP contribution is 2.25. The molecule has 1 nitrogen and oxygen atoms in total. The van der Waals surface area contributed by atoms with E-state index >= 15 is 0 Å². The van der Waals surface area contributed by atoms with E-state index in [0.29, 0.717) is 0 Å². The Morgan fingerprint density at radius 2 is 1.80 bits per heavy atom. The minimum atomic E-state index is 0.215. The summed E-state index contributed by atoms with van der Waals surface area (Å²) in [4.78, 5) is 0. The second-order valence-electron chi connectivity index (χ2n) is 4.78. The molecular weight excluding hydrogens is 250 g/mol. The highest BCUT2D eigenvalue weighted by Gasteiger charge is 2.24. The Kier molecular flexibility index (Phi) is 4.35. The predicted octanol–water partition coefficient (Wildman–Crippen LogP) is 3.76. The number of benzene rings is 1. The standard InChI is InChI=1S/C13H20BrN/c1-4-13(2,3)12(15)9-10-5-7-11(14)8-6-10/h5-8,12H,4,9,15H2,1-3H3. The van der Waals surface area contributed by atoms with Crippen LogP contribution in [0.1, 0.15) is 32.8 Å². The van der Waals surface area contributed by atoms with Crippen molar-refractivity contribution in [3.8, 4) is 0 Å². The van der Waals surface area contributed by atoms with Gasteiger partial charge in [-0.3, -0.25) is 0 Å². The normalized spacial score (nSPS) is 13.9. The third kappa shape index (κ3) is 3.62. The highest BCUT2D eigenvalue weighted by atomic mass is 79.9. The van der Waals surface area contributed by atoms with E-state index in [9.17, 15) is 0 Å². The van der Waals surface area contributed by atoms with Gasteiger partial charge in [-0.1, -0.05) is 48.8 Å². The van der Waals surface area contributed by atoms with Crippen LogP contribution in [0.25, 0.3) is 0 Å². The third-order valence-electron chi connectivity index (χ3n) is 3.28. The number of hydrogen-bond acceptors (Lipinski definition) is 1. The Hall–Kier alpha value is -0.340. The van der Waals surface area contributed by atoms with E-state index in [1.54, 1.807) is 0 Å². The van der Waals surface area contributed by atoms with Gasteiger partial charge in [-0.25, -0.2) is 0 Å². The van der Waals surface area contributed by atoms with Crippen molar-refractivity contribution in [2.24, 2.45) is 11.1 Å². The summed E-state index contributed by atoms with van der Waals surface area (Å²) < 4.78 is 1.12. The summed E-state index contributed by atoms with van der Waals surface area (Å²) in [5, 5.41) is 0. The predicted molar refractivity (Wildman–Crippen MR) is 69.9 cm³/mol. The lowest BCUT2D eigenvalue weighted by Crippen LogP contribution is -2.38. The van der Waals surface area contributed by atoms with E-state index in [1.165, 1.54) is 5.56 Å². The molecule has 0 radical (unpaired) electrons. The summed E-state index contributed by atoms with van der Waals surface area (Å²) in [5.41, 5.74) is 7.75. The first-order chi connectivity index (χ1) is 6.95. The van der Waals surface area contributed by atoms with E-state index in [2.05, 4.69) is 61.0 Å². The Balaban J connectivity index is 2.66. The highest BCUT2D eigenvalue weighted by molar-refractivity contribution is 9.10. The van der Waals surface area contributed by atoms with Gasteiger partial charge in [0.15, 0.2) is 0 Å². The Morgan fingerprint density at radius 1 is 1.27 bits per heavy atom. The maximum atomic E-state index is 6.22. The van der Waals surface area contributed by atoms with Crippen molar-refractivity contribution >= 4 is 15.9 Å². The molecule has 0 aliphatic carbocycles. The van der Waals surface area contributed by atoms with E-state index < -0.39 is 0 Å². The van der Waals surface area contributed by atoms with Crippen LogP contribution in [0.4, 0.5) is 0 Å². The van der Waals surface area contributed by atoms with E-state index in [0.717, 1.165) is 17.3 Å². The van der Waals surface area contributed by atoms with Crippen molar-refractivity contribution in [1.82, 2.24) is 0 Å². The quantitative estimate of drug-likeness (QED) is 0.885. The van der Waals surface area contributed by atoms with Crippen LogP contribution in [-0.2, 0) is 6.42 Å². The molecule has 0 heterocycles. The molecular formula is C13H20BrN.